The molecule has 3 rings (SSSR count). The van der Waals surface area contributed by atoms with Crippen molar-refractivity contribution < 1.29 is 13.9 Å². The average Bonchev–Trinajstić information content (AvgIpc) is 2.62. The maximum Gasteiger partial charge on any atom is 0.123 e. The molecule has 2 nitrogen and oxygen atoms in total. The number of benzene rings is 2. The van der Waals surface area contributed by atoms with Crippen molar-refractivity contribution in [1.82, 2.24) is 4.90 Å². The standard InChI is InChI=1S/C20H23F2NO/c21-18-5-1-15(2-6-18)9-12-23-13-10-17(11-14-23)20(24)16-3-7-19(22)8-4-16/h1-8,17,20,24H,9-14H2/t20-/m0/s1. The molecule has 0 radical (unpaired) electrons. The van der Waals surface area contributed by atoms with Crippen molar-refractivity contribution in [2.45, 2.75) is 25.4 Å². The second-order valence-corrected chi connectivity index (χ2v) is 6.55. The molecule has 4 heteroatoms. The zero-order valence-corrected chi connectivity index (χ0v) is 13.7. The summed E-state index contributed by atoms with van der Waals surface area (Å²) >= 11 is 0. The fourth-order valence-electron chi connectivity index (χ4n) is 3.36. The molecule has 0 aliphatic carbocycles. The number of hydrogen-bond donors (Lipinski definition) is 1. The third-order valence-corrected chi connectivity index (χ3v) is 4.92. The maximum absolute atomic E-state index is 13.0. The Hall–Kier alpha value is -1.78. The van der Waals surface area contributed by atoms with Crippen LogP contribution in [0.4, 0.5) is 8.78 Å². The third kappa shape index (κ3) is 4.40. The first kappa shape index (κ1) is 17.1. The van der Waals surface area contributed by atoms with E-state index in [2.05, 4.69) is 4.90 Å². The van der Waals surface area contributed by atoms with Gasteiger partial charge in [-0.2, -0.15) is 0 Å². The molecule has 1 fully saturated rings. The topological polar surface area (TPSA) is 23.5 Å². The van der Waals surface area contributed by atoms with Crippen LogP contribution in [-0.2, 0) is 6.42 Å². The van der Waals surface area contributed by atoms with Gasteiger partial charge in [0.25, 0.3) is 0 Å². The van der Waals surface area contributed by atoms with Gasteiger partial charge in [0.15, 0.2) is 0 Å². The number of nitrogens with zero attached hydrogens (tertiary/aromatic N) is 1. The lowest BCUT2D eigenvalue weighted by atomic mass is 9.87. The van der Waals surface area contributed by atoms with Crippen LogP contribution >= 0.6 is 0 Å². The lowest BCUT2D eigenvalue weighted by molar-refractivity contribution is 0.0592. The average molecular weight is 331 g/mol. The molecule has 1 aliphatic rings. The SMILES string of the molecule is O[C@@H](c1ccc(F)cc1)C1CCN(CCc2ccc(F)cc2)CC1. The molecule has 0 saturated carbocycles. The number of hydrogen-bond acceptors (Lipinski definition) is 2. The molecule has 0 amide bonds. The first-order valence-electron chi connectivity index (χ1n) is 8.52. The van der Waals surface area contributed by atoms with Crippen LogP contribution in [0.1, 0.15) is 30.1 Å². The third-order valence-electron chi connectivity index (χ3n) is 4.92. The molecule has 1 saturated heterocycles. The van der Waals surface area contributed by atoms with Crippen molar-refractivity contribution in [1.29, 1.82) is 0 Å². The Morgan fingerprint density at radius 2 is 1.46 bits per heavy atom. The Balaban J connectivity index is 1.46. The van der Waals surface area contributed by atoms with Crippen LogP contribution in [0.25, 0.3) is 0 Å². The molecule has 0 aromatic heterocycles. The van der Waals surface area contributed by atoms with Crippen LogP contribution in [-0.4, -0.2) is 29.6 Å². The Morgan fingerprint density at radius 3 is 2.04 bits per heavy atom. The highest BCUT2D eigenvalue weighted by Gasteiger charge is 2.26. The molecule has 0 spiro atoms. The second kappa shape index (κ2) is 7.86. The quantitative estimate of drug-likeness (QED) is 0.897. The second-order valence-electron chi connectivity index (χ2n) is 6.55. The van der Waals surface area contributed by atoms with Crippen LogP contribution in [0.15, 0.2) is 48.5 Å². The predicted molar refractivity (Wildman–Crippen MR) is 90.6 cm³/mol. The fourth-order valence-corrected chi connectivity index (χ4v) is 3.36. The normalized spacial score (nSPS) is 17.8. The summed E-state index contributed by atoms with van der Waals surface area (Å²) in [4.78, 5) is 2.39. The minimum absolute atomic E-state index is 0.200. The van der Waals surface area contributed by atoms with Gasteiger partial charge < -0.3 is 10.0 Å². The number of piperidine rings is 1. The number of rotatable bonds is 5. The summed E-state index contributed by atoms with van der Waals surface area (Å²) in [6.45, 7) is 2.85. The van der Waals surface area contributed by atoms with Crippen molar-refractivity contribution in [3.05, 3.63) is 71.3 Å². The fraction of sp³-hybridized carbons (Fsp3) is 0.400. The minimum Gasteiger partial charge on any atom is -0.388 e. The summed E-state index contributed by atoms with van der Waals surface area (Å²) in [5.74, 6) is -0.256. The molecule has 1 N–H and O–H groups in total. The molecule has 2 aromatic rings. The molecular weight excluding hydrogens is 308 g/mol. The van der Waals surface area contributed by atoms with Crippen molar-refractivity contribution in [3.8, 4) is 0 Å². The molecule has 2 aromatic carbocycles. The van der Waals surface area contributed by atoms with E-state index in [1.807, 2.05) is 12.1 Å². The smallest absolute Gasteiger partial charge is 0.123 e. The number of aliphatic hydroxyl groups excluding tert-OH is 1. The van der Waals surface area contributed by atoms with Crippen LogP contribution < -0.4 is 0 Å². The molecule has 1 atom stereocenters. The van der Waals surface area contributed by atoms with Gasteiger partial charge in [-0.1, -0.05) is 24.3 Å². The first-order valence-corrected chi connectivity index (χ1v) is 8.52. The van der Waals surface area contributed by atoms with Crippen LogP contribution in [0.2, 0.25) is 0 Å². The van der Waals surface area contributed by atoms with E-state index < -0.39 is 6.10 Å². The Kier molecular flexibility index (Phi) is 5.59. The van der Waals surface area contributed by atoms with Gasteiger partial charge in [0.2, 0.25) is 0 Å². The van der Waals surface area contributed by atoms with E-state index in [9.17, 15) is 13.9 Å². The number of likely N-dealkylation sites (tertiary alicyclic amines) is 1. The van der Waals surface area contributed by atoms with Gasteiger partial charge in [-0.15, -0.1) is 0 Å². The summed E-state index contributed by atoms with van der Waals surface area (Å²) in [5, 5.41) is 10.5. The summed E-state index contributed by atoms with van der Waals surface area (Å²) < 4.78 is 25.9. The van der Waals surface area contributed by atoms with Crippen LogP contribution in [0, 0.1) is 17.6 Å². The maximum atomic E-state index is 13.0. The van der Waals surface area contributed by atoms with Gasteiger partial charge >= 0.3 is 0 Å². The predicted octanol–water partition coefficient (Wildman–Crippen LogP) is 3.95. The summed E-state index contributed by atoms with van der Waals surface area (Å²) in [6.07, 6.45) is 2.25. The van der Waals surface area contributed by atoms with Crippen molar-refractivity contribution >= 4 is 0 Å². The molecule has 1 aliphatic heterocycles. The largest absolute Gasteiger partial charge is 0.388 e. The van der Waals surface area contributed by atoms with E-state index in [4.69, 9.17) is 0 Å². The van der Waals surface area contributed by atoms with E-state index in [0.29, 0.717) is 0 Å². The summed E-state index contributed by atoms with van der Waals surface area (Å²) in [6, 6.07) is 12.8. The molecule has 1 heterocycles. The van der Waals surface area contributed by atoms with Gasteiger partial charge in [0.1, 0.15) is 11.6 Å². The monoisotopic (exact) mass is 331 g/mol. The van der Waals surface area contributed by atoms with Gasteiger partial charge in [-0.05, 0) is 73.7 Å². The highest BCUT2D eigenvalue weighted by molar-refractivity contribution is 5.19. The molecular formula is C20H23F2NO. The van der Waals surface area contributed by atoms with E-state index in [-0.39, 0.29) is 17.6 Å². The molecule has 0 bridgehead atoms. The van der Waals surface area contributed by atoms with E-state index in [1.54, 1.807) is 12.1 Å². The van der Waals surface area contributed by atoms with E-state index in [1.165, 1.54) is 24.3 Å². The van der Waals surface area contributed by atoms with E-state index >= 15 is 0 Å². The Labute approximate surface area is 141 Å². The van der Waals surface area contributed by atoms with Crippen LogP contribution in [0.3, 0.4) is 0 Å². The zero-order valence-electron chi connectivity index (χ0n) is 13.7. The van der Waals surface area contributed by atoms with Gasteiger partial charge in [-0.25, -0.2) is 8.78 Å². The van der Waals surface area contributed by atoms with Gasteiger partial charge in [0, 0.05) is 6.54 Å². The molecule has 24 heavy (non-hydrogen) atoms. The highest BCUT2D eigenvalue weighted by atomic mass is 19.1. The van der Waals surface area contributed by atoms with Crippen molar-refractivity contribution in [2.75, 3.05) is 19.6 Å². The number of aliphatic hydroxyl groups is 1. The van der Waals surface area contributed by atoms with Gasteiger partial charge in [-0.3, -0.25) is 0 Å². The Bertz CT molecular complexity index is 634. The van der Waals surface area contributed by atoms with Gasteiger partial charge in [0.05, 0.1) is 6.10 Å². The molecule has 128 valence electrons. The Morgan fingerprint density at radius 1 is 0.917 bits per heavy atom. The van der Waals surface area contributed by atoms with Crippen LogP contribution in [0.5, 0.6) is 0 Å². The zero-order chi connectivity index (χ0) is 16.9. The minimum atomic E-state index is -0.523. The lowest BCUT2D eigenvalue weighted by Crippen LogP contribution is -2.36. The van der Waals surface area contributed by atoms with Crippen molar-refractivity contribution in [3.63, 3.8) is 0 Å². The lowest BCUT2D eigenvalue weighted by Gasteiger charge is -2.34. The molecule has 0 unspecified atom stereocenters. The number of halogens is 2. The summed E-state index contributed by atoms with van der Waals surface area (Å²) in [7, 11) is 0. The summed E-state index contributed by atoms with van der Waals surface area (Å²) in [5.41, 5.74) is 1.94. The van der Waals surface area contributed by atoms with E-state index in [0.717, 1.165) is 50.0 Å². The van der Waals surface area contributed by atoms with Crippen molar-refractivity contribution in [2.24, 2.45) is 5.92 Å². The first-order chi connectivity index (χ1) is 11.6. The highest BCUT2D eigenvalue weighted by Crippen LogP contribution is 2.30.